The molecule has 1 aliphatic heterocycles. The number of carbonyl (C=O) groups is 1. The number of alkyl carbamates (subject to hydrolysis) is 1. The maximum atomic E-state index is 12.3. The molecular formula is C19H39IN4O4S. The maximum Gasteiger partial charge on any atom is 0.407 e. The lowest BCUT2D eigenvalue weighted by Crippen LogP contribution is -2.57. The Hall–Kier alpha value is -0.780. The van der Waals surface area contributed by atoms with Crippen LogP contribution in [0.1, 0.15) is 55.4 Å². The van der Waals surface area contributed by atoms with Crippen LogP contribution in [0.25, 0.3) is 0 Å². The van der Waals surface area contributed by atoms with Crippen molar-refractivity contribution in [2.75, 3.05) is 31.9 Å². The lowest BCUT2D eigenvalue weighted by molar-refractivity contribution is 0.0493. The van der Waals surface area contributed by atoms with Crippen molar-refractivity contribution in [3.05, 3.63) is 0 Å². The molecule has 1 aliphatic rings. The second-order valence-corrected chi connectivity index (χ2v) is 11.9. The molecule has 1 amide bonds. The van der Waals surface area contributed by atoms with Crippen LogP contribution < -0.4 is 10.6 Å². The molecule has 172 valence electrons. The second-order valence-electron chi connectivity index (χ2n) is 9.19. The fourth-order valence-corrected chi connectivity index (χ4v) is 4.18. The molecule has 1 unspecified atom stereocenters. The van der Waals surface area contributed by atoms with Crippen LogP contribution in [-0.2, 0) is 14.6 Å². The Morgan fingerprint density at radius 2 is 1.86 bits per heavy atom. The van der Waals surface area contributed by atoms with Gasteiger partial charge in [0.25, 0.3) is 0 Å². The van der Waals surface area contributed by atoms with E-state index in [-0.39, 0.29) is 41.7 Å². The molecule has 10 heteroatoms. The summed E-state index contributed by atoms with van der Waals surface area (Å²) in [5, 5.41) is 6.13. The molecule has 1 saturated heterocycles. The van der Waals surface area contributed by atoms with Gasteiger partial charge < -0.3 is 20.3 Å². The van der Waals surface area contributed by atoms with Crippen molar-refractivity contribution >= 4 is 45.9 Å². The van der Waals surface area contributed by atoms with Gasteiger partial charge in [0.2, 0.25) is 0 Å². The number of nitrogens with one attached hydrogen (secondary N) is 2. The van der Waals surface area contributed by atoms with E-state index in [1.54, 1.807) is 13.8 Å². The third-order valence-electron chi connectivity index (χ3n) is 4.62. The molecule has 0 aromatic heterocycles. The number of aliphatic imine (C=N–C) groups is 1. The van der Waals surface area contributed by atoms with Crippen LogP contribution in [0, 0.1) is 5.92 Å². The lowest BCUT2D eigenvalue weighted by Gasteiger charge is -2.39. The third-order valence-corrected chi connectivity index (χ3v) is 7.16. The van der Waals surface area contributed by atoms with Crippen LogP contribution >= 0.6 is 24.0 Å². The van der Waals surface area contributed by atoms with Crippen LogP contribution in [0.2, 0.25) is 0 Å². The lowest BCUT2D eigenvalue weighted by atomic mass is 10.1. The van der Waals surface area contributed by atoms with Crippen LogP contribution in [0.3, 0.4) is 0 Å². The van der Waals surface area contributed by atoms with E-state index < -0.39 is 26.3 Å². The van der Waals surface area contributed by atoms with E-state index in [2.05, 4.69) is 15.6 Å². The zero-order valence-electron chi connectivity index (χ0n) is 19.0. The monoisotopic (exact) mass is 546 g/mol. The van der Waals surface area contributed by atoms with Gasteiger partial charge in [0.1, 0.15) is 5.60 Å². The van der Waals surface area contributed by atoms with Gasteiger partial charge >= 0.3 is 6.09 Å². The first-order valence-corrected chi connectivity index (χ1v) is 11.6. The Labute approximate surface area is 193 Å². The minimum Gasteiger partial charge on any atom is -0.444 e. The molecule has 0 spiro atoms. The molecular weight excluding hydrogens is 507 g/mol. The van der Waals surface area contributed by atoms with Crippen LogP contribution in [0.15, 0.2) is 4.99 Å². The number of amides is 1. The maximum absolute atomic E-state index is 12.3. The zero-order chi connectivity index (χ0) is 21.8. The topological polar surface area (TPSA) is 100 Å². The quantitative estimate of drug-likeness (QED) is 0.313. The smallest absolute Gasteiger partial charge is 0.407 e. The summed E-state index contributed by atoms with van der Waals surface area (Å²) >= 11 is 0. The van der Waals surface area contributed by atoms with E-state index in [1.807, 2.05) is 46.4 Å². The van der Waals surface area contributed by atoms with Gasteiger partial charge in [-0.25, -0.2) is 13.2 Å². The minimum atomic E-state index is -3.12. The summed E-state index contributed by atoms with van der Waals surface area (Å²) in [5.74, 6) is 0.938. The molecule has 0 aromatic carbocycles. The third kappa shape index (κ3) is 8.85. The number of rotatable bonds is 5. The first-order chi connectivity index (χ1) is 12.7. The molecule has 29 heavy (non-hydrogen) atoms. The standard InChI is InChI=1S/C19H38N4O4S.HI/c1-9-20-16(23-10-11-28(25,26)19(7,8)13-23)21-12-15(14(2)3)22-17(24)27-18(4,5)6;/h14-15H,9-13H2,1-8H3,(H,20,21)(H,22,24);1H. The fourth-order valence-electron chi connectivity index (χ4n) is 2.82. The van der Waals surface area contributed by atoms with Gasteiger partial charge in [-0.1, -0.05) is 13.8 Å². The molecule has 8 nitrogen and oxygen atoms in total. The average molecular weight is 547 g/mol. The van der Waals surface area contributed by atoms with Gasteiger partial charge in [0, 0.05) is 19.6 Å². The molecule has 1 rings (SSSR count). The highest BCUT2D eigenvalue weighted by Gasteiger charge is 2.41. The molecule has 1 heterocycles. The molecule has 0 bridgehead atoms. The molecule has 0 aliphatic carbocycles. The largest absolute Gasteiger partial charge is 0.444 e. The predicted octanol–water partition coefficient (Wildman–Crippen LogP) is 2.63. The van der Waals surface area contributed by atoms with E-state index >= 15 is 0 Å². The summed E-state index contributed by atoms with van der Waals surface area (Å²) in [6.07, 6.45) is -0.461. The van der Waals surface area contributed by atoms with E-state index in [4.69, 9.17) is 4.74 Å². The van der Waals surface area contributed by atoms with Crippen molar-refractivity contribution < 1.29 is 17.9 Å². The number of sulfone groups is 1. The van der Waals surface area contributed by atoms with Crippen molar-refractivity contribution in [3.8, 4) is 0 Å². The van der Waals surface area contributed by atoms with Crippen molar-refractivity contribution in [1.29, 1.82) is 0 Å². The summed E-state index contributed by atoms with van der Waals surface area (Å²) in [7, 11) is -3.12. The van der Waals surface area contributed by atoms with Crippen molar-refractivity contribution in [3.63, 3.8) is 0 Å². The van der Waals surface area contributed by atoms with Crippen LogP contribution in [-0.4, -0.2) is 73.7 Å². The summed E-state index contributed by atoms with van der Waals surface area (Å²) in [4.78, 5) is 18.8. The van der Waals surface area contributed by atoms with Crippen LogP contribution in [0.4, 0.5) is 4.79 Å². The van der Waals surface area contributed by atoms with E-state index in [0.29, 0.717) is 32.1 Å². The van der Waals surface area contributed by atoms with E-state index in [1.165, 1.54) is 0 Å². The number of carbonyl (C=O) groups excluding carboxylic acids is 1. The Morgan fingerprint density at radius 1 is 1.28 bits per heavy atom. The Balaban J connectivity index is 0.00000784. The van der Waals surface area contributed by atoms with Gasteiger partial charge in [-0.05, 0) is 47.5 Å². The highest BCUT2D eigenvalue weighted by molar-refractivity contribution is 14.0. The average Bonchev–Trinajstić information content (AvgIpc) is 2.50. The summed E-state index contributed by atoms with van der Waals surface area (Å²) in [5.41, 5.74) is -0.561. The zero-order valence-corrected chi connectivity index (χ0v) is 22.2. The number of halogens is 1. The SMILES string of the molecule is CCNC(=NCC(NC(=O)OC(C)(C)C)C(C)C)N1CCS(=O)(=O)C(C)(C)C1.I. The fraction of sp³-hybridized carbons (Fsp3) is 0.895. The van der Waals surface area contributed by atoms with E-state index in [9.17, 15) is 13.2 Å². The first kappa shape index (κ1) is 28.2. The Morgan fingerprint density at radius 3 is 2.31 bits per heavy atom. The van der Waals surface area contributed by atoms with Gasteiger partial charge in [-0.2, -0.15) is 0 Å². The number of ether oxygens (including phenoxy) is 1. The molecule has 1 fully saturated rings. The molecule has 0 radical (unpaired) electrons. The second kappa shape index (κ2) is 11.0. The van der Waals surface area contributed by atoms with Gasteiger partial charge in [-0.15, -0.1) is 24.0 Å². The summed E-state index contributed by atoms with van der Waals surface area (Å²) in [6.45, 7) is 16.8. The van der Waals surface area contributed by atoms with Gasteiger partial charge in [0.15, 0.2) is 15.8 Å². The summed E-state index contributed by atoms with van der Waals surface area (Å²) < 4.78 is 29.1. The van der Waals surface area contributed by atoms with Crippen molar-refractivity contribution in [1.82, 2.24) is 15.5 Å². The summed E-state index contributed by atoms with van der Waals surface area (Å²) in [6, 6.07) is -0.190. The van der Waals surface area contributed by atoms with Crippen LogP contribution in [0.5, 0.6) is 0 Å². The Bertz CT molecular complexity index is 672. The first-order valence-electron chi connectivity index (χ1n) is 9.93. The molecule has 2 N–H and O–H groups in total. The van der Waals surface area contributed by atoms with Gasteiger partial charge in [0.05, 0.1) is 23.1 Å². The molecule has 1 atom stereocenters. The molecule has 0 saturated carbocycles. The number of guanidine groups is 1. The number of hydrogen-bond donors (Lipinski definition) is 2. The highest BCUT2D eigenvalue weighted by atomic mass is 127. The predicted molar refractivity (Wildman–Crippen MR) is 129 cm³/mol. The van der Waals surface area contributed by atoms with Crippen molar-refractivity contribution in [2.45, 2.75) is 71.8 Å². The number of hydrogen-bond acceptors (Lipinski definition) is 5. The Kier molecular flexibility index (Phi) is 10.7. The minimum absolute atomic E-state index is 0. The van der Waals surface area contributed by atoms with E-state index in [0.717, 1.165) is 0 Å². The normalized spacial score (nSPS) is 19.9. The number of nitrogens with zero attached hydrogens (tertiary/aromatic N) is 2. The van der Waals surface area contributed by atoms with Gasteiger partial charge in [-0.3, -0.25) is 4.99 Å². The molecule has 0 aromatic rings. The van der Waals surface area contributed by atoms with Crippen molar-refractivity contribution in [2.24, 2.45) is 10.9 Å². The highest BCUT2D eigenvalue weighted by Crippen LogP contribution is 2.23.